The molecule has 1 saturated carbocycles. The van der Waals surface area contributed by atoms with Gasteiger partial charge in [-0.1, -0.05) is 19.8 Å². The molecule has 0 bridgehead atoms. The van der Waals surface area contributed by atoms with Gasteiger partial charge in [-0.15, -0.1) is 0 Å². The quantitative estimate of drug-likeness (QED) is 0.654. The number of nitrogens with one attached hydrogen (secondary N) is 2. The molecule has 0 aromatic heterocycles. The van der Waals surface area contributed by atoms with Crippen LogP contribution in [0.2, 0.25) is 0 Å². The Balaban J connectivity index is 2.28. The highest BCUT2D eigenvalue weighted by Gasteiger charge is 2.22. The summed E-state index contributed by atoms with van der Waals surface area (Å²) in [5.74, 6) is 0.552. The van der Waals surface area contributed by atoms with Gasteiger partial charge in [0.2, 0.25) is 0 Å². The van der Waals surface area contributed by atoms with E-state index in [0.29, 0.717) is 5.92 Å². The number of nitrogens with zero attached hydrogens (tertiary/aromatic N) is 1. The molecule has 2 atom stereocenters. The predicted molar refractivity (Wildman–Crippen MR) is 53.6 cm³/mol. The average molecular weight is 195 g/mol. The Morgan fingerprint density at radius 3 is 2.86 bits per heavy atom. The van der Waals surface area contributed by atoms with Crippen LogP contribution in [0.4, 0.5) is 4.79 Å². The summed E-state index contributed by atoms with van der Waals surface area (Å²) in [4.78, 5) is 11.2. The second-order valence-electron chi connectivity index (χ2n) is 3.85. The van der Waals surface area contributed by atoms with Gasteiger partial charge < -0.3 is 10.6 Å². The van der Waals surface area contributed by atoms with Crippen LogP contribution in [0.25, 0.3) is 0 Å². The van der Waals surface area contributed by atoms with Crippen LogP contribution in [0, 0.1) is 17.2 Å². The maximum atomic E-state index is 11.2. The lowest BCUT2D eigenvalue weighted by Gasteiger charge is -2.29. The Labute approximate surface area is 84.7 Å². The van der Waals surface area contributed by atoms with E-state index < -0.39 is 0 Å². The minimum absolute atomic E-state index is 0.0763. The van der Waals surface area contributed by atoms with Crippen molar-refractivity contribution in [3.63, 3.8) is 0 Å². The summed E-state index contributed by atoms with van der Waals surface area (Å²) in [7, 11) is 0. The highest BCUT2D eigenvalue weighted by molar-refractivity contribution is 5.74. The monoisotopic (exact) mass is 195 g/mol. The molecule has 1 rings (SSSR count). The molecule has 0 aliphatic heterocycles. The van der Waals surface area contributed by atoms with E-state index >= 15 is 0 Å². The predicted octanol–water partition coefficient (Wildman–Crippen LogP) is 1.39. The van der Waals surface area contributed by atoms with Gasteiger partial charge in [0.1, 0.15) is 6.54 Å². The van der Waals surface area contributed by atoms with Crippen molar-refractivity contribution in [1.29, 1.82) is 5.26 Å². The Morgan fingerprint density at radius 1 is 1.50 bits per heavy atom. The van der Waals surface area contributed by atoms with Crippen LogP contribution in [0.5, 0.6) is 0 Å². The summed E-state index contributed by atoms with van der Waals surface area (Å²) in [6.07, 6.45) is 4.69. The molecule has 0 heterocycles. The third kappa shape index (κ3) is 3.25. The zero-order valence-electron chi connectivity index (χ0n) is 8.55. The van der Waals surface area contributed by atoms with Gasteiger partial charge >= 0.3 is 6.03 Å². The maximum Gasteiger partial charge on any atom is 0.315 e. The molecule has 1 aliphatic carbocycles. The van der Waals surface area contributed by atoms with Crippen LogP contribution in [-0.2, 0) is 0 Å². The van der Waals surface area contributed by atoms with E-state index in [1.807, 2.05) is 6.07 Å². The fraction of sp³-hybridized carbons (Fsp3) is 0.800. The Kier molecular flexibility index (Phi) is 4.24. The van der Waals surface area contributed by atoms with Crippen molar-refractivity contribution in [1.82, 2.24) is 10.6 Å². The molecule has 0 aromatic rings. The zero-order valence-corrected chi connectivity index (χ0v) is 8.55. The van der Waals surface area contributed by atoms with Crippen molar-refractivity contribution in [2.45, 2.75) is 38.6 Å². The van der Waals surface area contributed by atoms with Crippen molar-refractivity contribution in [3.05, 3.63) is 0 Å². The first kappa shape index (κ1) is 10.8. The number of carbonyl (C=O) groups is 1. The van der Waals surface area contributed by atoms with Gasteiger partial charge in [0.15, 0.2) is 0 Å². The van der Waals surface area contributed by atoms with Crippen LogP contribution in [0.1, 0.15) is 32.6 Å². The van der Waals surface area contributed by atoms with Gasteiger partial charge in [0.05, 0.1) is 6.07 Å². The van der Waals surface area contributed by atoms with Crippen molar-refractivity contribution >= 4 is 6.03 Å². The first-order valence-corrected chi connectivity index (χ1v) is 5.15. The molecule has 2 unspecified atom stereocenters. The minimum Gasteiger partial charge on any atom is -0.335 e. The molecule has 1 fully saturated rings. The molecular formula is C10H17N3O. The highest BCUT2D eigenvalue weighted by Crippen LogP contribution is 2.23. The number of hydrogen-bond acceptors (Lipinski definition) is 2. The standard InChI is InChI=1S/C10H17N3O/c1-8-4-2-3-5-9(8)13-10(14)12-7-6-11/h8-9H,2-5,7H2,1H3,(H2,12,13,14). The van der Waals surface area contributed by atoms with E-state index in [1.54, 1.807) is 0 Å². The summed E-state index contributed by atoms with van der Waals surface area (Å²) >= 11 is 0. The number of rotatable bonds is 2. The van der Waals surface area contributed by atoms with Crippen LogP contribution < -0.4 is 10.6 Å². The van der Waals surface area contributed by atoms with Crippen LogP contribution in [-0.4, -0.2) is 18.6 Å². The number of nitriles is 1. The lowest BCUT2D eigenvalue weighted by Crippen LogP contribution is -2.46. The SMILES string of the molecule is CC1CCCCC1NC(=O)NCC#N. The molecule has 4 heteroatoms. The van der Waals surface area contributed by atoms with E-state index in [0.717, 1.165) is 6.42 Å². The number of hydrogen-bond donors (Lipinski definition) is 2. The van der Waals surface area contributed by atoms with Gasteiger partial charge in [-0.3, -0.25) is 0 Å². The summed E-state index contributed by atoms with van der Waals surface area (Å²) in [5.41, 5.74) is 0. The molecule has 2 N–H and O–H groups in total. The molecule has 14 heavy (non-hydrogen) atoms. The third-order valence-electron chi connectivity index (χ3n) is 2.76. The molecule has 0 saturated heterocycles. The second kappa shape index (κ2) is 5.48. The Hall–Kier alpha value is -1.24. The van der Waals surface area contributed by atoms with Gasteiger partial charge in [-0.2, -0.15) is 5.26 Å². The maximum absolute atomic E-state index is 11.2. The third-order valence-corrected chi connectivity index (χ3v) is 2.76. The number of amides is 2. The van der Waals surface area contributed by atoms with E-state index in [9.17, 15) is 4.79 Å². The van der Waals surface area contributed by atoms with Crippen molar-refractivity contribution in [2.24, 2.45) is 5.92 Å². The Bertz CT molecular complexity index is 234. The Morgan fingerprint density at radius 2 is 2.21 bits per heavy atom. The second-order valence-corrected chi connectivity index (χ2v) is 3.85. The van der Waals surface area contributed by atoms with Crippen molar-refractivity contribution in [2.75, 3.05) is 6.54 Å². The topological polar surface area (TPSA) is 64.9 Å². The fourth-order valence-corrected chi connectivity index (χ4v) is 1.87. The van der Waals surface area contributed by atoms with Gasteiger partial charge in [-0.25, -0.2) is 4.79 Å². The summed E-state index contributed by atoms with van der Waals surface area (Å²) in [6.45, 7) is 2.24. The van der Waals surface area contributed by atoms with Crippen molar-refractivity contribution in [3.8, 4) is 6.07 Å². The van der Waals surface area contributed by atoms with E-state index in [2.05, 4.69) is 17.6 Å². The van der Waals surface area contributed by atoms with Gasteiger partial charge in [-0.05, 0) is 18.8 Å². The molecule has 2 amide bonds. The van der Waals surface area contributed by atoms with Crippen LogP contribution in [0.15, 0.2) is 0 Å². The molecule has 78 valence electrons. The lowest BCUT2D eigenvalue weighted by atomic mass is 9.86. The van der Waals surface area contributed by atoms with Crippen LogP contribution in [0.3, 0.4) is 0 Å². The molecule has 4 nitrogen and oxygen atoms in total. The minimum atomic E-state index is -0.217. The van der Waals surface area contributed by atoms with E-state index in [1.165, 1.54) is 19.3 Å². The van der Waals surface area contributed by atoms with Gasteiger partial charge in [0.25, 0.3) is 0 Å². The van der Waals surface area contributed by atoms with Gasteiger partial charge in [0, 0.05) is 6.04 Å². The largest absolute Gasteiger partial charge is 0.335 e. The van der Waals surface area contributed by atoms with E-state index in [-0.39, 0.29) is 18.6 Å². The zero-order chi connectivity index (χ0) is 10.4. The number of urea groups is 1. The lowest BCUT2D eigenvalue weighted by molar-refractivity contribution is 0.223. The first-order chi connectivity index (χ1) is 6.74. The molecular weight excluding hydrogens is 178 g/mol. The summed E-state index contributed by atoms with van der Waals surface area (Å²) in [6, 6.07) is 1.94. The molecule has 0 aromatic carbocycles. The highest BCUT2D eigenvalue weighted by atomic mass is 16.2. The fourth-order valence-electron chi connectivity index (χ4n) is 1.87. The molecule has 0 radical (unpaired) electrons. The summed E-state index contributed by atoms with van der Waals surface area (Å²) in [5, 5.41) is 13.7. The smallest absolute Gasteiger partial charge is 0.315 e. The molecule has 1 aliphatic rings. The first-order valence-electron chi connectivity index (χ1n) is 5.15. The number of carbonyl (C=O) groups excluding carboxylic acids is 1. The molecule has 0 spiro atoms. The van der Waals surface area contributed by atoms with E-state index in [4.69, 9.17) is 5.26 Å². The normalized spacial score (nSPS) is 26.3. The van der Waals surface area contributed by atoms with Crippen molar-refractivity contribution < 1.29 is 4.79 Å². The average Bonchev–Trinajstić information content (AvgIpc) is 2.18. The van der Waals surface area contributed by atoms with Crippen LogP contribution >= 0.6 is 0 Å². The summed E-state index contributed by atoms with van der Waals surface area (Å²) < 4.78 is 0.